The van der Waals surface area contributed by atoms with Crippen molar-refractivity contribution in [2.24, 2.45) is 0 Å². The predicted molar refractivity (Wildman–Crippen MR) is 160 cm³/mol. The summed E-state index contributed by atoms with van der Waals surface area (Å²) in [5.74, 6) is -0.127. The topological polar surface area (TPSA) is 49.4 Å². The van der Waals surface area contributed by atoms with E-state index in [0.717, 1.165) is 42.4 Å². The van der Waals surface area contributed by atoms with E-state index in [1.165, 1.54) is 5.56 Å². The Kier molecular flexibility index (Phi) is 9.85. The third-order valence-corrected chi connectivity index (χ3v) is 8.09. The predicted octanol–water partition coefficient (Wildman–Crippen LogP) is 7.27. The molecule has 39 heavy (non-hydrogen) atoms. The summed E-state index contributed by atoms with van der Waals surface area (Å²) in [4.78, 5) is 29.5. The van der Waals surface area contributed by atoms with Gasteiger partial charge in [0, 0.05) is 30.5 Å². The van der Waals surface area contributed by atoms with Gasteiger partial charge in [0.25, 0.3) is 0 Å². The molecule has 5 heteroatoms. The van der Waals surface area contributed by atoms with Gasteiger partial charge in [0.2, 0.25) is 11.8 Å². The second-order valence-electron chi connectivity index (χ2n) is 11.8. The molecule has 1 unspecified atom stereocenters. The molecule has 3 aromatic rings. The number of carbonyl (C=O) groups is 2. The molecular formula is C34H41ClN2O2. The van der Waals surface area contributed by atoms with Crippen molar-refractivity contribution < 1.29 is 9.59 Å². The average molecular weight is 545 g/mol. The smallest absolute Gasteiger partial charge is 0.243 e. The number of nitrogens with zero attached hydrogens (tertiary/aromatic N) is 1. The van der Waals surface area contributed by atoms with Crippen molar-refractivity contribution in [3.05, 3.63) is 106 Å². The second kappa shape index (κ2) is 13.3. The highest BCUT2D eigenvalue weighted by atomic mass is 35.5. The summed E-state index contributed by atoms with van der Waals surface area (Å²) in [6.45, 7) is 6.88. The molecule has 1 fully saturated rings. The van der Waals surface area contributed by atoms with E-state index in [-0.39, 0.29) is 29.8 Å². The summed E-state index contributed by atoms with van der Waals surface area (Å²) in [7, 11) is 0. The molecule has 0 aliphatic heterocycles. The third-order valence-electron chi connectivity index (χ3n) is 7.72. The Balaban J connectivity index is 1.59. The minimum atomic E-state index is -0.625. The molecule has 4 nitrogen and oxygen atoms in total. The van der Waals surface area contributed by atoms with Gasteiger partial charge in [-0.25, -0.2) is 0 Å². The number of hydrogen-bond acceptors (Lipinski definition) is 2. The van der Waals surface area contributed by atoms with E-state index in [0.29, 0.717) is 24.3 Å². The van der Waals surface area contributed by atoms with Crippen molar-refractivity contribution in [2.45, 2.75) is 89.8 Å². The molecule has 0 saturated heterocycles. The first kappa shape index (κ1) is 28.9. The summed E-state index contributed by atoms with van der Waals surface area (Å²) < 4.78 is 0. The zero-order valence-corrected chi connectivity index (χ0v) is 24.2. The molecule has 1 aliphatic carbocycles. The molecule has 3 aromatic carbocycles. The Morgan fingerprint density at radius 3 is 2.18 bits per heavy atom. The molecule has 1 saturated carbocycles. The number of aryl methyl sites for hydroxylation is 1. The lowest BCUT2D eigenvalue weighted by Crippen LogP contribution is -2.52. The van der Waals surface area contributed by atoms with Crippen molar-refractivity contribution in [2.75, 3.05) is 0 Å². The third kappa shape index (κ3) is 8.19. The minimum absolute atomic E-state index is 0.0441. The summed E-state index contributed by atoms with van der Waals surface area (Å²) in [6, 6.07) is 25.6. The monoisotopic (exact) mass is 544 g/mol. The number of nitrogens with one attached hydrogen (secondary N) is 1. The van der Waals surface area contributed by atoms with Gasteiger partial charge in [-0.05, 0) is 53.0 Å². The summed E-state index contributed by atoms with van der Waals surface area (Å²) in [5.41, 5.74) is 4.33. The van der Waals surface area contributed by atoms with E-state index in [2.05, 4.69) is 50.4 Å². The first-order valence-corrected chi connectivity index (χ1v) is 14.5. The van der Waals surface area contributed by atoms with Gasteiger partial charge in [-0.1, -0.05) is 118 Å². The Morgan fingerprint density at radius 1 is 0.897 bits per heavy atom. The maximum absolute atomic E-state index is 13.9. The SMILES string of the molecule is CC(C)(C)c1ccc(CCC(=O)N(Cc2ccccc2Cl)C(Cc2ccccc2)C(=O)NC2CCCC2)cc1. The lowest BCUT2D eigenvalue weighted by atomic mass is 9.86. The van der Waals surface area contributed by atoms with Crippen molar-refractivity contribution >= 4 is 23.4 Å². The molecule has 0 heterocycles. The van der Waals surface area contributed by atoms with Crippen LogP contribution in [0.3, 0.4) is 0 Å². The van der Waals surface area contributed by atoms with Crippen LogP contribution in [0, 0.1) is 0 Å². The molecule has 1 aliphatic rings. The fraction of sp³-hybridized carbons (Fsp3) is 0.412. The first-order valence-electron chi connectivity index (χ1n) is 14.2. The Labute approximate surface area is 238 Å². The van der Waals surface area contributed by atoms with Crippen LogP contribution in [-0.4, -0.2) is 28.8 Å². The molecule has 4 rings (SSSR count). The van der Waals surface area contributed by atoms with Gasteiger partial charge in [-0.15, -0.1) is 0 Å². The molecule has 0 bridgehead atoms. The van der Waals surface area contributed by atoms with E-state index in [1.54, 1.807) is 4.90 Å². The molecule has 0 aromatic heterocycles. The zero-order valence-electron chi connectivity index (χ0n) is 23.5. The van der Waals surface area contributed by atoms with Crippen LogP contribution in [0.5, 0.6) is 0 Å². The number of carbonyl (C=O) groups excluding carboxylic acids is 2. The van der Waals surface area contributed by atoms with E-state index in [1.807, 2.05) is 54.6 Å². The number of amides is 2. The Morgan fingerprint density at radius 2 is 1.54 bits per heavy atom. The highest BCUT2D eigenvalue weighted by molar-refractivity contribution is 6.31. The van der Waals surface area contributed by atoms with Crippen LogP contribution < -0.4 is 5.32 Å². The molecular weight excluding hydrogens is 504 g/mol. The number of rotatable bonds is 10. The molecule has 206 valence electrons. The number of hydrogen-bond donors (Lipinski definition) is 1. The van der Waals surface area contributed by atoms with Crippen LogP contribution in [-0.2, 0) is 34.4 Å². The lowest BCUT2D eigenvalue weighted by molar-refractivity contribution is -0.141. The summed E-state index contributed by atoms with van der Waals surface area (Å²) >= 11 is 6.54. The van der Waals surface area contributed by atoms with Gasteiger partial charge in [-0.2, -0.15) is 0 Å². The van der Waals surface area contributed by atoms with E-state index >= 15 is 0 Å². The van der Waals surface area contributed by atoms with Crippen LogP contribution in [0.2, 0.25) is 5.02 Å². The van der Waals surface area contributed by atoms with Crippen LogP contribution in [0.1, 0.15) is 75.1 Å². The largest absolute Gasteiger partial charge is 0.352 e. The summed E-state index contributed by atoms with van der Waals surface area (Å²) in [5, 5.41) is 3.86. The fourth-order valence-corrected chi connectivity index (χ4v) is 5.49. The maximum Gasteiger partial charge on any atom is 0.243 e. The van der Waals surface area contributed by atoms with Gasteiger partial charge in [0.1, 0.15) is 6.04 Å². The van der Waals surface area contributed by atoms with E-state index < -0.39 is 6.04 Å². The average Bonchev–Trinajstić information content (AvgIpc) is 3.43. The standard InChI is InChI=1S/C34H41ClN2O2/c1-34(2,3)28-20-17-25(18-21-28)19-22-32(38)37(24-27-13-7-10-16-30(27)35)31(23-26-11-5-4-6-12-26)33(39)36-29-14-8-9-15-29/h4-7,10-13,16-18,20-21,29,31H,8-9,14-15,19,22-24H2,1-3H3,(H,36,39). The van der Waals surface area contributed by atoms with Crippen molar-refractivity contribution in [1.29, 1.82) is 0 Å². The Bertz CT molecular complexity index is 1230. The second-order valence-corrected chi connectivity index (χ2v) is 12.2. The molecule has 2 amide bonds. The molecule has 1 N–H and O–H groups in total. The van der Waals surface area contributed by atoms with Gasteiger partial charge in [0.15, 0.2) is 0 Å². The number of benzene rings is 3. The van der Waals surface area contributed by atoms with Crippen LogP contribution in [0.25, 0.3) is 0 Å². The van der Waals surface area contributed by atoms with Crippen LogP contribution in [0.15, 0.2) is 78.9 Å². The van der Waals surface area contributed by atoms with E-state index in [9.17, 15) is 9.59 Å². The van der Waals surface area contributed by atoms with Crippen LogP contribution in [0.4, 0.5) is 0 Å². The van der Waals surface area contributed by atoms with Gasteiger partial charge in [-0.3, -0.25) is 9.59 Å². The van der Waals surface area contributed by atoms with Gasteiger partial charge in [0.05, 0.1) is 0 Å². The quantitative estimate of drug-likeness (QED) is 0.292. The van der Waals surface area contributed by atoms with Crippen molar-refractivity contribution in [3.63, 3.8) is 0 Å². The number of halogens is 1. The summed E-state index contributed by atoms with van der Waals surface area (Å²) in [6.07, 6.45) is 5.64. The minimum Gasteiger partial charge on any atom is -0.352 e. The Hall–Kier alpha value is -3.11. The fourth-order valence-electron chi connectivity index (χ4n) is 5.30. The van der Waals surface area contributed by atoms with Crippen LogP contribution >= 0.6 is 11.6 Å². The molecule has 0 spiro atoms. The normalized spacial score (nSPS) is 14.7. The lowest BCUT2D eigenvalue weighted by Gasteiger charge is -2.32. The highest BCUT2D eigenvalue weighted by Gasteiger charge is 2.32. The maximum atomic E-state index is 13.9. The van der Waals surface area contributed by atoms with Crippen molar-refractivity contribution in [3.8, 4) is 0 Å². The first-order chi connectivity index (χ1) is 18.7. The van der Waals surface area contributed by atoms with Crippen molar-refractivity contribution in [1.82, 2.24) is 10.2 Å². The molecule has 0 radical (unpaired) electrons. The van der Waals surface area contributed by atoms with E-state index in [4.69, 9.17) is 11.6 Å². The highest BCUT2D eigenvalue weighted by Crippen LogP contribution is 2.25. The zero-order chi connectivity index (χ0) is 27.8. The van der Waals surface area contributed by atoms with Gasteiger partial charge >= 0.3 is 0 Å². The molecule has 1 atom stereocenters. The van der Waals surface area contributed by atoms with Gasteiger partial charge < -0.3 is 10.2 Å².